The van der Waals surface area contributed by atoms with Gasteiger partial charge >= 0.3 is 0 Å². The molecule has 0 saturated carbocycles. The van der Waals surface area contributed by atoms with Gasteiger partial charge in [0.1, 0.15) is 5.75 Å². The van der Waals surface area contributed by atoms with Crippen molar-refractivity contribution >= 4 is 11.8 Å². The van der Waals surface area contributed by atoms with Gasteiger partial charge in [0.2, 0.25) is 11.8 Å². The van der Waals surface area contributed by atoms with Crippen molar-refractivity contribution in [1.29, 1.82) is 0 Å². The Hall–Kier alpha value is -2.82. The van der Waals surface area contributed by atoms with Gasteiger partial charge in [0.05, 0.1) is 20.0 Å². The van der Waals surface area contributed by atoms with E-state index in [1.54, 1.807) is 7.11 Å². The summed E-state index contributed by atoms with van der Waals surface area (Å²) in [6.45, 7) is 4.35. The number of benzene rings is 2. The van der Waals surface area contributed by atoms with Crippen LogP contribution in [-0.4, -0.2) is 54.9 Å². The zero-order valence-corrected chi connectivity index (χ0v) is 16.0. The molecule has 1 fully saturated rings. The van der Waals surface area contributed by atoms with Crippen LogP contribution in [-0.2, 0) is 22.4 Å². The minimum Gasteiger partial charge on any atom is -0.496 e. The number of nitrogens with zero attached hydrogens (tertiary/aromatic N) is 2. The fraction of sp³-hybridized carbons (Fsp3) is 0.364. The Morgan fingerprint density at radius 3 is 1.85 bits per heavy atom. The van der Waals surface area contributed by atoms with Gasteiger partial charge in [-0.1, -0.05) is 42.5 Å². The molecule has 0 N–H and O–H groups in total. The predicted molar refractivity (Wildman–Crippen MR) is 105 cm³/mol. The molecule has 1 aliphatic rings. The number of methoxy groups -OCH3 is 1. The molecule has 142 valence electrons. The lowest BCUT2D eigenvalue weighted by Gasteiger charge is -2.35. The minimum absolute atomic E-state index is 0.0745. The second-order valence-corrected chi connectivity index (χ2v) is 6.85. The molecule has 0 bridgehead atoms. The summed E-state index contributed by atoms with van der Waals surface area (Å²) in [7, 11) is 1.61. The summed E-state index contributed by atoms with van der Waals surface area (Å²) < 4.78 is 5.32. The molecule has 3 rings (SSSR count). The first-order valence-electron chi connectivity index (χ1n) is 9.30. The molecule has 27 heavy (non-hydrogen) atoms. The molecule has 0 aliphatic carbocycles. The summed E-state index contributed by atoms with van der Waals surface area (Å²) in [5.74, 6) is 0.935. The normalized spacial score (nSPS) is 14.1. The molecule has 2 aromatic carbocycles. The van der Waals surface area contributed by atoms with Gasteiger partial charge in [0, 0.05) is 31.7 Å². The average Bonchev–Trinajstić information content (AvgIpc) is 2.70. The highest BCUT2D eigenvalue weighted by Gasteiger charge is 2.24. The number of piperazine rings is 1. The summed E-state index contributed by atoms with van der Waals surface area (Å²) in [5, 5.41) is 0. The number of rotatable bonds is 5. The van der Waals surface area contributed by atoms with Crippen molar-refractivity contribution in [3.63, 3.8) is 0 Å². The fourth-order valence-corrected chi connectivity index (χ4v) is 3.41. The monoisotopic (exact) mass is 366 g/mol. The molecular weight excluding hydrogens is 340 g/mol. The van der Waals surface area contributed by atoms with Crippen LogP contribution in [0.1, 0.15) is 16.7 Å². The predicted octanol–water partition coefficient (Wildman–Crippen LogP) is 2.46. The summed E-state index contributed by atoms with van der Waals surface area (Å²) in [4.78, 5) is 28.9. The van der Waals surface area contributed by atoms with Gasteiger partial charge < -0.3 is 14.5 Å². The van der Waals surface area contributed by atoms with Gasteiger partial charge in [-0.2, -0.15) is 0 Å². The van der Waals surface area contributed by atoms with Crippen molar-refractivity contribution in [2.24, 2.45) is 0 Å². The van der Waals surface area contributed by atoms with Gasteiger partial charge in [-0.15, -0.1) is 0 Å². The standard InChI is InChI=1S/C22H26N2O3/c1-17-7-3-4-8-18(17)15-21(25)23-11-13-24(14-12-23)22(26)16-19-9-5-6-10-20(19)27-2/h3-10H,11-16H2,1-2H3. The quantitative estimate of drug-likeness (QED) is 0.817. The first kappa shape index (κ1) is 19.0. The van der Waals surface area contributed by atoms with Crippen LogP contribution in [0.25, 0.3) is 0 Å². The average molecular weight is 366 g/mol. The number of ether oxygens (including phenoxy) is 1. The largest absolute Gasteiger partial charge is 0.496 e. The number of hydrogen-bond acceptors (Lipinski definition) is 3. The fourth-order valence-electron chi connectivity index (χ4n) is 3.41. The van der Waals surface area contributed by atoms with E-state index in [2.05, 4.69) is 0 Å². The van der Waals surface area contributed by atoms with Gasteiger partial charge in [-0.3, -0.25) is 9.59 Å². The maximum Gasteiger partial charge on any atom is 0.227 e. The molecule has 0 aromatic heterocycles. The highest BCUT2D eigenvalue weighted by Crippen LogP contribution is 2.19. The van der Waals surface area contributed by atoms with Crippen molar-refractivity contribution in [2.75, 3.05) is 33.3 Å². The minimum atomic E-state index is 0.0745. The second kappa shape index (κ2) is 8.71. The van der Waals surface area contributed by atoms with E-state index >= 15 is 0 Å². The molecule has 2 aromatic rings. The van der Waals surface area contributed by atoms with Crippen LogP contribution >= 0.6 is 0 Å². The van der Waals surface area contributed by atoms with Gasteiger partial charge in [-0.05, 0) is 24.1 Å². The molecule has 0 atom stereocenters. The van der Waals surface area contributed by atoms with Gasteiger partial charge in [-0.25, -0.2) is 0 Å². The van der Waals surface area contributed by atoms with E-state index in [-0.39, 0.29) is 11.8 Å². The molecule has 0 unspecified atom stereocenters. The summed E-state index contributed by atoms with van der Waals surface area (Å²) in [6.07, 6.45) is 0.739. The van der Waals surface area contributed by atoms with Crippen molar-refractivity contribution in [3.05, 3.63) is 65.2 Å². The summed E-state index contributed by atoms with van der Waals surface area (Å²) >= 11 is 0. The SMILES string of the molecule is COc1ccccc1CC(=O)N1CCN(C(=O)Cc2ccccc2C)CC1. The van der Waals surface area contributed by atoms with E-state index in [1.165, 1.54) is 0 Å². The molecular formula is C22H26N2O3. The van der Waals surface area contributed by atoms with Crippen LogP contribution in [0.4, 0.5) is 0 Å². The van der Waals surface area contributed by atoms with Crippen LogP contribution in [0, 0.1) is 6.92 Å². The zero-order chi connectivity index (χ0) is 19.2. The molecule has 2 amide bonds. The lowest BCUT2D eigenvalue weighted by molar-refractivity contribution is -0.138. The van der Waals surface area contributed by atoms with E-state index in [9.17, 15) is 9.59 Å². The highest BCUT2D eigenvalue weighted by atomic mass is 16.5. The Balaban J connectivity index is 1.53. The Morgan fingerprint density at radius 1 is 0.815 bits per heavy atom. The van der Waals surface area contributed by atoms with Gasteiger partial charge in [0.25, 0.3) is 0 Å². The topological polar surface area (TPSA) is 49.9 Å². The second-order valence-electron chi connectivity index (χ2n) is 6.85. The third kappa shape index (κ3) is 4.67. The van der Waals surface area contributed by atoms with Crippen LogP contribution < -0.4 is 4.74 Å². The van der Waals surface area contributed by atoms with Crippen LogP contribution in [0.15, 0.2) is 48.5 Å². The summed E-state index contributed by atoms with van der Waals surface area (Å²) in [5.41, 5.74) is 3.09. The Kier molecular flexibility index (Phi) is 6.12. The van der Waals surface area contributed by atoms with E-state index < -0.39 is 0 Å². The van der Waals surface area contributed by atoms with E-state index in [0.717, 1.165) is 22.4 Å². The van der Waals surface area contributed by atoms with E-state index in [4.69, 9.17) is 4.74 Å². The van der Waals surface area contributed by atoms with Crippen molar-refractivity contribution < 1.29 is 14.3 Å². The molecule has 5 heteroatoms. The smallest absolute Gasteiger partial charge is 0.227 e. The molecule has 1 heterocycles. The number of amides is 2. The first-order chi connectivity index (χ1) is 13.1. The molecule has 1 saturated heterocycles. The third-order valence-electron chi connectivity index (χ3n) is 5.12. The Morgan fingerprint density at radius 2 is 1.30 bits per heavy atom. The summed E-state index contributed by atoms with van der Waals surface area (Å²) in [6, 6.07) is 15.6. The maximum absolute atomic E-state index is 12.6. The van der Waals surface area contributed by atoms with Crippen molar-refractivity contribution in [1.82, 2.24) is 9.80 Å². The molecule has 0 radical (unpaired) electrons. The van der Waals surface area contributed by atoms with Crippen molar-refractivity contribution in [2.45, 2.75) is 19.8 Å². The Labute approximate surface area is 160 Å². The Bertz CT molecular complexity index is 811. The van der Waals surface area contributed by atoms with Crippen LogP contribution in [0.5, 0.6) is 5.75 Å². The number of carbonyl (C=O) groups is 2. The maximum atomic E-state index is 12.6. The van der Waals surface area contributed by atoms with Crippen molar-refractivity contribution in [3.8, 4) is 5.75 Å². The first-order valence-corrected chi connectivity index (χ1v) is 9.30. The van der Waals surface area contributed by atoms with Gasteiger partial charge in [0.15, 0.2) is 0 Å². The molecule has 5 nitrogen and oxygen atoms in total. The molecule has 1 aliphatic heterocycles. The number of aryl methyl sites for hydroxylation is 1. The van der Waals surface area contributed by atoms with Crippen LogP contribution in [0.2, 0.25) is 0 Å². The molecule has 0 spiro atoms. The number of hydrogen-bond donors (Lipinski definition) is 0. The highest BCUT2D eigenvalue weighted by molar-refractivity contribution is 5.81. The number of carbonyl (C=O) groups excluding carboxylic acids is 2. The number of para-hydroxylation sites is 1. The van der Waals surface area contributed by atoms with E-state index in [1.807, 2.05) is 65.3 Å². The zero-order valence-electron chi connectivity index (χ0n) is 16.0. The lowest BCUT2D eigenvalue weighted by atomic mass is 10.1. The van der Waals surface area contributed by atoms with E-state index in [0.29, 0.717) is 39.0 Å². The third-order valence-corrected chi connectivity index (χ3v) is 5.12. The lowest BCUT2D eigenvalue weighted by Crippen LogP contribution is -2.51. The van der Waals surface area contributed by atoms with Crippen LogP contribution in [0.3, 0.4) is 0 Å².